The summed E-state index contributed by atoms with van der Waals surface area (Å²) in [5.41, 5.74) is 0.366. The summed E-state index contributed by atoms with van der Waals surface area (Å²) in [5, 5.41) is 13.8. The number of rotatable bonds is 7. The van der Waals surface area contributed by atoms with Gasteiger partial charge in [0.15, 0.2) is 5.16 Å². The van der Waals surface area contributed by atoms with Crippen molar-refractivity contribution in [3.8, 4) is 17.5 Å². The molecule has 3 aromatic rings. The van der Waals surface area contributed by atoms with Gasteiger partial charge in [-0.15, -0.1) is 11.3 Å². The van der Waals surface area contributed by atoms with Crippen LogP contribution in [-0.4, -0.2) is 33.9 Å². The molecule has 1 aromatic carbocycles. The Morgan fingerprint density at radius 2 is 2.22 bits per heavy atom. The molecule has 190 valence electrons. The molecule has 0 spiro atoms. The maximum absolute atomic E-state index is 14.0. The van der Waals surface area contributed by atoms with Crippen LogP contribution in [0.25, 0.3) is 15.9 Å². The number of hydrogen-bond acceptors (Lipinski definition) is 7. The van der Waals surface area contributed by atoms with Crippen molar-refractivity contribution in [2.24, 2.45) is 11.8 Å². The number of thiophene rings is 1. The molecule has 0 aliphatic heterocycles. The Labute approximate surface area is 223 Å². The third-order valence-electron chi connectivity index (χ3n) is 6.80. The minimum atomic E-state index is -0.992. The first kappa shape index (κ1) is 26.5. The van der Waals surface area contributed by atoms with Gasteiger partial charge in [-0.2, -0.15) is 5.26 Å². The molecular formula is C26H29ClN4O3S2. The fourth-order valence-corrected chi connectivity index (χ4v) is 6.67. The van der Waals surface area contributed by atoms with Gasteiger partial charge in [0.1, 0.15) is 16.1 Å². The van der Waals surface area contributed by atoms with E-state index in [0.29, 0.717) is 37.8 Å². The standard InChI is InChI=1S/C26H29ClN4O3S2/c1-14(2)26(4,13-28)30-21(32)12-35-25-29-23-22(17-8-6-15(3)10-20(17)36-23)24(33)31(25)18-11-16(27)7-9-19(18)34-5/h7,9,11,14-15H,6,8,10,12H2,1-5H3,(H,30,32)/t15-,26-/m0/s1. The van der Waals surface area contributed by atoms with E-state index in [0.717, 1.165) is 36.6 Å². The third-order valence-corrected chi connectivity index (χ3v) is 9.12. The van der Waals surface area contributed by atoms with E-state index in [1.54, 1.807) is 36.5 Å². The lowest BCUT2D eigenvalue weighted by Crippen LogP contribution is -2.49. The molecule has 2 aromatic heterocycles. The van der Waals surface area contributed by atoms with Crippen LogP contribution in [-0.2, 0) is 17.6 Å². The molecular weight excluding hydrogens is 516 g/mol. The average molecular weight is 545 g/mol. The lowest BCUT2D eigenvalue weighted by atomic mass is 9.89. The number of nitrogens with one attached hydrogen (secondary N) is 1. The van der Waals surface area contributed by atoms with Crippen LogP contribution in [0.5, 0.6) is 5.75 Å². The van der Waals surface area contributed by atoms with Crippen molar-refractivity contribution in [1.82, 2.24) is 14.9 Å². The molecule has 2 heterocycles. The second-order valence-corrected chi connectivity index (χ2v) is 12.2. The SMILES string of the molecule is COc1ccc(Cl)cc1-n1c(SCC(=O)N[C@@](C)(C#N)C(C)C)nc2sc3c(c2c1=O)CC[C@H](C)C3. The highest BCUT2D eigenvalue weighted by molar-refractivity contribution is 7.99. The first-order valence-corrected chi connectivity index (χ1v) is 14.0. The minimum Gasteiger partial charge on any atom is -0.495 e. The van der Waals surface area contributed by atoms with Gasteiger partial charge in [-0.1, -0.05) is 44.1 Å². The van der Waals surface area contributed by atoms with E-state index in [9.17, 15) is 14.9 Å². The summed E-state index contributed by atoms with van der Waals surface area (Å²) in [7, 11) is 1.53. The fourth-order valence-electron chi connectivity index (χ4n) is 4.28. The van der Waals surface area contributed by atoms with E-state index < -0.39 is 5.54 Å². The zero-order valence-electron chi connectivity index (χ0n) is 21.0. The zero-order valence-corrected chi connectivity index (χ0v) is 23.4. The lowest BCUT2D eigenvalue weighted by Gasteiger charge is -2.27. The lowest BCUT2D eigenvalue weighted by molar-refractivity contribution is -0.120. The molecule has 0 fully saturated rings. The summed E-state index contributed by atoms with van der Waals surface area (Å²) in [6.45, 7) is 7.69. The number of hydrogen-bond donors (Lipinski definition) is 1. The van der Waals surface area contributed by atoms with Crippen molar-refractivity contribution in [1.29, 1.82) is 5.26 Å². The van der Waals surface area contributed by atoms with Crippen molar-refractivity contribution >= 4 is 50.8 Å². The van der Waals surface area contributed by atoms with E-state index in [2.05, 4.69) is 18.3 Å². The molecule has 1 aliphatic rings. The highest BCUT2D eigenvalue weighted by Gasteiger charge is 2.31. The molecule has 0 radical (unpaired) electrons. The van der Waals surface area contributed by atoms with Gasteiger partial charge in [-0.05, 0) is 61.8 Å². The molecule has 0 saturated heterocycles. The van der Waals surface area contributed by atoms with Crippen molar-refractivity contribution < 1.29 is 9.53 Å². The first-order chi connectivity index (χ1) is 17.1. The number of amides is 1. The fraction of sp³-hybridized carbons (Fsp3) is 0.462. The number of thioether (sulfide) groups is 1. The molecule has 7 nitrogen and oxygen atoms in total. The van der Waals surface area contributed by atoms with Gasteiger partial charge < -0.3 is 10.1 Å². The Kier molecular flexibility index (Phi) is 7.69. The minimum absolute atomic E-state index is 0.00700. The number of aryl methyl sites for hydroxylation is 1. The number of aromatic nitrogens is 2. The number of methoxy groups -OCH3 is 1. The summed E-state index contributed by atoms with van der Waals surface area (Å²) in [6.07, 6.45) is 2.81. The van der Waals surface area contributed by atoms with E-state index in [-0.39, 0.29) is 23.1 Å². The second-order valence-electron chi connectivity index (χ2n) is 9.69. The van der Waals surface area contributed by atoms with E-state index in [1.165, 1.54) is 16.6 Å². The predicted molar refractivity (Wildman–Crippen MR) is 146 cm³/mol. The normalized spacial score (nSPS) is 16.9. The number of carbonyl (C=O) groups excluding carboxylic acids is 1. The molecule has 1 amide bonds. The second kappa shape index (κ2) is 10.4. The number of fused-ring (bicyclic) bond motifs is 3. The monoisotopic (exact) mass is 544 g/mol. The first-order valence-electron chi connectivity index (χ1n) is 11.8. The van der Waals surface area contributed by atoms with Crippen LogP contribution < -0.4 is 15.6 Å². The summed E-state index contributed by atoms with van der Waals surface area (Å²) in [6, 6.07) is 7.27. The number of carbonyl (C=O) groups is 1. The summed E-state index contributed by atoms with van der Waals surface area (Å²) >= 11 is 9.03. The zero-order chi connectivity index (χ0) is 26.2. The number of halogens is 1. The number of nitriles is 1. The number of benzene rings is 1. The Hall–Kier alpha value is -2.54. The quantitative estimate of drug-likeness (QED) is 0.317. The van der Waals surface area contributed by atoms with Crippen molar-refractivity contribution in [3.63, 3.8) is 0 Å². The summed E-state index contributed by atoms with van der Waals surface area (Å²) < 4.78 is 7.05. The maximum atomic E-state index is 14.0. The van der Waals surface area contributed by atoms with Crippen LogP contribution in [0.1, 0.15) is 44.6 Å². The van der Waals surface area contributed by atoms with Gasteiger partial charge in [0.05, 0.1) is 30.0 Å². The van der Waals surface area contributed by atoms with E-state index in [1.807, 2.05) is 13.8 Å². The van der Waals surface area contributed by atoms with Crippen molar-refractivity contribution in [2.75, 3.05) is 12.9 Å². The Morgan fingerprint density at radius 1 is 1.47 bits per heavy atom. The van der Waals surface area contributed by atoms with Gasteiger partial charge in [-0.25, -0.2) is 4.98 Å². The average Bonchev–Trinajstić information content (AvgIpc) is 3.20. The van der Waals surface area contributed by atoms with Crippen LogP contribution in [0.2, 0.25) is 5.02 Å². The maximum Gasteiger partial charge on any atom is 0.267 e. The molecule has 0 bridgehead atoms. The summed E-state index contributed by atoms with van der Waals surface area (Å²) in [5.74, 6) is 0.653. The van der Waals surface area contributed by atoms with Crippen LogP contribution >= 0.6 is 34.7 Å². The predicted octanol–water partition coefficient (Wildman–Crippen LogP) is 5.38. The van der Waals surface area contributed by atoms with Crippen LogP contribution in [0.4, 0.5) is 0 Å². The Morgan fingerprint density at radius 3 is 2.89 bits per heavy atom. The van der Waals surface area contributed by atoms with Gasteiger partial charge in [0.2, 0.25) is 5.91 Å². The highest BCUT2D eigenvalue weighted by atomic mass is 35.5. The number of ether oxygens (including phenoxy) is 1. The highest BCUT2D eigenvalue weighted by Crippen LogP contribution is 2.38. The van der Waals surface area contributed by atoms with Crippen LogP contribution in [0.3, 0.4) is 0 Å². The van der Waals surface area contributed by atoms with Crippen molar-refractivity contribution in [2.45, 2.75) is 57.7 Å². The number of nitrogens with zero attached hydrogens (tertiary/aromatic N) is 3. The molecule has 4 rings (SSSR count). The molecule has 10 heteroatoms. The topological polar surface area (TPSA) is 97.0 Å². The van der Waals surface area contributed by atoms with Gasteiger partial charge in [-0.3, -0.25) is 14.2 Å². The van der Waals surface area contributed by atoms with Gasteiger partial charge in [0, 0.05) is 9.90 Å². The van der Waals surface area contributed by atoms with Crippen LogP contribution in [0.15, 0.2) is 28.2 Å². The molecule has 36 heavy (non-hydrogen) atoms. The third kappa shape index (κ3) is 4.99. The van der Waals surface area contributed by atoms with Gasteiger partial charge >= 0.3 is 0 Å². The Bertz CT molecular complexity index is 1430. The molecule has 0 saturated carbocycles. The van der Waals surface area contributed by atoms with E-state index in [4.69, 9.17) is 21.3 Å². The molecule has 2 atom stereocenters. The van der Waals surface area contributed by atoms with Gasteiger partial charge in [0.25, 0.3) is 5.56 Å². The van der Waals surface area contributed by atoms with Crippen LogP contribution in [0, 0.1) is 23.2 Å². The molecule has 1 N–H and O–H groups in total. The van der Waals surface area contributed by atoms with Crippen molar-refractivity contribution in [3.05, 3.63) is 44.0 Å². The molecule has 1 aliphatic carbocycles. The Balaban J connectivity index is 1.82. The molecule has 0 unspecified atom stereocenters. The van der Waals surface area contributed by atoms with E-state index >= 15 is 0 Å². The smallest absolute Gasteiger partial charge is 0.267 e. The largest absolute Gasteiger partial charge is 0.495 e. The summed E-state index contributed by atoms with van der Waals surface area (Å²) in [4.78, 5) is 33.6.